The number of hydrogen-bond acceptors (Lipinski definition) is 5. The highest BCUT2D eigenvalue weighted by atomic mass is 32.3. The quantitative estimate of drug-likeness (QED) is 0.338. The zero-order valence-corrected chi connectivity index (χ0v) is 11.6. The summed E-state index contributed by atoms with van der Waals surface area (Å²) in [6, 6.07) is 4.66. The number of hydrogen-bond donors (Lipinski definition) is 4. The Morgan fingerprint density at radius 1 is 1.21 bits per heavy atom. The second-order valence-corrected chi connectivity index (χ2v) is 4.73. The largest absolute Gasteiger partial charge is 0.726 e. The van der Waals surface area contributed by atoms with Gasteiger partial charge in [0.15, 0.2) is 0 Å². The molecule has 1 aromatic carbocycles. The Morgan fingerprint density at radius 3 is 2.11 bits per heavy atom. The van der Waals surface area contributed by atoms with Crippen LogP contribution in [0.25, 0.3) is 0 Å². The summed E-state index contributed by atoms with van der Waals surface area (Å²) in [5.41, 5.74) is 0.809. The van der Waals surface area contributed by atoms with Crippen molar-refractivity contribution in [3.8, 4) is 11.5 Å². The summed E-state index contributed by atoms with van der Waals surface area (Å²) in [5.74, 6) is 0.478. The molecule has 0 bridgehead atoms. The van der Waals surface area contributed by atoms with Crippen LogP contribution in [0.1, 0.15) is 19.4 Å². The van der Waals surface area contributed by atoms with Gasteiger partial charge in [0.05, 0.1) is 18.7 Å². The monoisotopic (exact) mass is 293 g/mol. The minimum Gasteiger partial charge on any atom is -0.726 e. The van der Waals surface area contributed by atoms with Gasteiger partial charge in [-0.25, -0.2) is 8.42 Å². The van der Waals surface area contributed by atoms with Crippen LogP contribution in [0, 0.1) is 0 Å². The van der Waals surface area contributed by atoms with E-state index in [0.29, 0.717) is 0 Å². The Kier molecular flexibility index (Phi) is 7.38. The first-order chi connectivity index (χ1) is 8.67. The molecule has 4 N–H and O–H groups in total. The molecule has 0 saturated heterocycles. The second kappa shape index (κ2) is 7.95. The normalized spacial score (nSPS) is 11.0. The van der Waals surface area contributed by atoms with E-state index in [1.807, 2.05) is 0 Å². The van der Waals surface area contributed by atoms with Crippen LogP contribution in [0.15, 0.2) is 18.2 Å². The Hall–Kier alpha value is -1.35. The van der Waals surface area contributed by atoms with Crippen molar-refractivity contribution in [3.63, 3.8) is 0 Å². The Labute approximate surface area is 112 Å². The molecular formula is C11H19NO6S. The van der Waals surface area contributed by atoms with Crippen LogP contribution in [0.3, 0.4) is 0 Å². The van der Waals surface area contributed by atoms with E-state index in [4.69, 9.17) is 17.5 Å². The molecule has 0 aliphatic carbocycles. The van der Waals surface area contributed by atoms with Crippen molar-refractivity contribution in [1.82, 2.24) is 0 Å². The SMILES string of the molecule is CC[NH+](CC)Cc1cc(O)ccc1O.O=S(=O)([O-])O. The van der Waals surface area contributed by atoms with Crippen molar-refractivity contribution in [2.45, 2.75) is 20.4 Å². The second-order valence-electron chi connectivity index (χ2n) is 3.87. The number of nitrogens with one attached hydrogen (secondary N) is 1. The molecule has 1 aromatic rings. The fourth-order valence-corrected chi connectivity index (χ4v) is 1.48. The summed E-state index contributed by atoms with van der Waals surface area (Å²) in [5, 5.41) is 18.8. The Balaban J connectivity index is 0.000000555. The number of phenols is 2. The average Bonchev–Trinajstić information content (AvgIpc) is 2.28. The summed E-state index contributed by atoms with van der Waals surface area (Å²) >= 11 is 0. The molecule has 0 aliphatic rings. The number of quaternary nitrogens is 1. The van der Waals surface area contributed by atoms with Crippen LogP contribution in [0.5, 0.6) is 11.5 Å². The lowest BCUT2D eigenvalue weighted by Gasteiger charge is -2.16. The van der Waals surface area contributed by atoms with Gasteiger partial charge in [0.25, 0.3) is 0 Å². The van der Waals surface area contributed by atoms with Crippen LogP contribution in [0.4, 0.5) is 0 Å². The third kappa shape index (κ3) is 9.25. The number of rotatable bonds is 4. The van der Waals surface area contributed by atoms with Crippen molar-refractivity contribution in [2.75, 3.05) is 13.1 Å². The molecule has 0 unspecified atom stereocenters. The number of aromatic hydroxyl groups is 2. The maximum atomic E-state index is 9.55. The van der Waals surface area contributed by atoms with E-state index in [9.17, 15) is 10.2 Å². The molecule has 8 heteroatoms. The first kappa shape index (κ1) is 17.6. The van der Waals surface area contributed by atoms with Crippen molar-refractivity contribution >= 4 is 10.4 Å². The predicted octanol–water partition coefficient (Wildman–Crippen LogP) is -0.473. The van der Waals surface area contributed by atoms with Crippen LogP contribution >= 0.6 is 0 Å². The van der Waals surface area contributed by atoms with Crippen molar-refractivity contribution < 1.29 is 32.6 Å². The molecule has 0 fully saturated rings. The van der Waals surface area contributed by atoms with Gasteiger partial charge in [0, 0.05) is 0 Å². The molecule has 0 spiro atoms. The highest BCUT2D eigenvalue weighted by Crippen LogP contribution is 2.20. The molecule has 0 amide bonds. The molecule has 110 valence electrons. The third-order valence-corrected chi connectivity index (χ3v) is 2.50. The maximum absolute atomic E-state index is 9.55. The summed E-state index contributed by atoms with van der Waals surface area (Å²) in [7, 11) is -4.92. The number of benzene rings is 1. The van der Waals surface area contributed by atoms with Crippen molar-refractivity contribution in [3.05, 3.63) is 23.8 Å². The van der Waals surface area contributed by atoms with E-state index in [2.05, 4.69) is 13.8 Å². The van der Waals surface area contributed by atoms with E-state index in [1.54, 1.807) is 6.07 Å². The van der Waals surface area contributed by atoms with Crippen LogP contribution in [-0.4, -0.2) is 40.8 Å². The third-order valence-electron chi connectivity index (χ3n) is 2.50. The minimum atomic E-state index is -4.92. The molecule has 0 heterocycles. The molecule has 7 nitrogen and oxygen atoms in total. The lowest BCUT2D eigenvalue weighted by Crippen LogP contribution is -3.10. The van der Waals surface area contributed by atoms with Gasteiger partial charge in [-0.05, 0) is 32.0 Å². The smallest absolute Gasteiger partial charge is 0.215 e. The minimum absolute atomic E-state index is 0.212. The van der Waals surface area contributed by atoms with E-state index >= 15 is 0 Å². The zero-order valence-electron chi connectivity index (χ0n) is 10.8. The molecule has 0 aliphatic heterocycles. The molecule has 1 rings (SSSR count). The predicted molar refractivity (Wildman–Crippen MR) is 67.8 cm³/mol. The standard InChI is InChI=1S/C11H17NO2.H2O4S/c1-3-12(4-2)8-9-7-10(13)5-6-11(9)14;1-5(2,3)4/h5-7,13-14H,3-4,8H2,1-2H3;(H2,1,2,3,4). The highest BCUT2D eigenvalue weighted by Gasteiger charge is 2.09. The molecular weight excluding hydrogens is 274 g/mol. The van der Waals surface area contributed by atoms with E-state index in [-0.39, 0.29) is 11.5 Å². The number of phenolic OH excluding ortho intramolecular Hbond substituents is 2. The van der Waals surface area contributed by atoms with Gasteiger partial charge in [-0.2, -0.15) is 0 Å². The van der Waals surface area contributed by atoms with E-state index < -0.39 is 10.4 Å². The van der Waals surface area contributed by atoms with E-state index in [0.717, 1.165) is 25.2 Å². The molecule has 0 aromatic heterocycles. The molecule has 19 heavy (non-hydrogen) atoms. The van der Waals surface area contributed by atoms with Gasteiger partial charge in [-0.3, -0.25) is 4.55 Å². The Bertz CT molecular complexity index is 476. The summed E-state index contributed by atoms with van der Waals surface area (Å²) in [6.07, 6.45) is 0. The maximum Gasteiger partial charge on any atom is 0.215 e. The Morgan fingerprint density at radius 2 is 1.68 bits per heavy atom. The summed E-state index contributed by atoms with van der Waals surface area (Å²) in [6.45, 7) is 7.02. The van der Waals surface area contributed by atoms with E-state index in [1.165, 1.54) is 17.0 Å². The lowest BCUT2D eigenvalue weighted by molar-refractivity contribution is -0.910. The van der Waals surface area contributed by atoms with Gasteiger partial charge in [-0.1, -0.05) is 0 Å². The van der Waals surface area contributed by atoms with Gasteiger partial charge in [0.2, 0.25) is 10.4 Å². The summed E-state index contributed by atoms with van der Waals surface area (Å²) < 4.78 is 32.8. The van der Waals surface area contributed by atoms with Gasteiger partial charge in [-0.15, -0.1) is 0 Å². The highest BCUT2D eigenvalue weighted by molar-refractivity contribution is 7.79. The zero-order chi connectivity index (χ0) is 15.1. The first-order valence-electron chi connectivity index (χ1n) is 5.70. The molecule has 0 saturated carbocycles. The lowest BCUT2D eigenvalue weighted by atomic mass is 10.2. The molecule has 0 radical (unpaired) electrons. The van der Waals surface area contributed by atoms with Crippen LogP contribution in [-0.2, 0) is 16.9 Å². The fraction of sp³-hybridized carbons (Fsp3) is 0.455. The van der Waals surface area contributed by atoms with Crippen LogP contribution < -0.4 is 4.90 Å². The molecule has 0 atom stereocenters. The topological polar surface area (TPSA) is 122 Å². The average molecular weight is 293 g/mol. The van der Waals surface area contributed by atoms with Gasteiger partial charge < -0.3 is 19.7 Å². The van der Waals surface area contributed by atoms with Gasteiger partial charge in [0.1, 0.15) is 18.0 Å². The van der Waals surface area contributed by atoms with Gasteiger partial charge >= 0.3 is 0 Å². The van der Waals surface area contributed by atoms with Crippen LogP contribution in [0.2, 0.25) is 0 Å². The van der Waals surface area contributed by atoms with Crippen molar-refractivity contribution in [1.29, 1.82) is 0 Å². The first-order valence-corrected chi connectivity index (χ1v) is 7.06. The fourth-order valence-electron chi connectivity index (χ4n) is 1.48. The summed E-state index contributed by atoms with van der Waals surface area (Å²) in [4.78, 5) is 1.38. The van der Waals surface area contributed by atoms with Crippen molar-refractivity contribution in [2.24, 2.45) is 0 Å².